The number of amides is 1. The lowest BCUT2D eigenvalue weighted by Gasteiger charge is -2.31. The van der Waals surface area contributed by atoms with E-state index in [9.17, 15) is 9.59 Å². The third-order valence-corrected chi connectivity index (χ3v) is 6.55. The van der Waals surface area contributed by atoms with E-state index < -0.39 is 0 Å². The lowest BCUT2D eigenvalue weighted by atomic mass is 9.96. The van der Waals surface area contributed by atoms with Crippen LogP contribution in [0.3, 0.4) is 0 Å². The molecule has 0 N–H and O–H groups in total. The Bertz CT molecular complexity index is 1150. The Labute approximate surface area is 193 Å². The minimum atomic E-state index is -0.0376. The summed E-state index contributed by atoms with van der Waals surface area (Å²) in [7, 11) is 0. The van der Waals surface area contributed by atoms with Gasteiger partial charge in [-0.3, -0.25) is 19.4 Å². The summed E-state index contributed by atoms with van der Waals surface area (Å²) in [5, 5.41) is 4.04. The highest BCUT2D eigenvalue weighted by atomic mass is 16.2. The molecule has 0 saturated carbocycles. The van der Waals surface area contributed by atoms with Crippen molar-refractivity contribution in [3.05, 3.63) is 71.4 Å². The van der Waals surface area contributed by atoms with Gasteiger partial charge in [0.2, 0.25) is 5.91 Å². The average molecular weight is 445 g/mol. The first kappa shape index (κ1) is 21.5. The van der Waals surface area contributed by atoms with Gasteiger partial charge in [-0.05, 0) is 44.4 Å². The van der Waals surface area contributed by atoms with Gasteiger partial charge in [0.15, 0.2) is 0 Å². The number of carbonyl (C=O) groups excluding carboxylic acids is 2. The van der Waals surface area contributed by atoms with Crippen molar-refractivity contribution >= 4 is 17.6 Å². The smallest absolute Gasteiger partial charge is 0.260 e. The molecule has 2 aliphatic heterocycles. The van der Waals surface area contributed by atoms with Crippen LogP contribution in [0, 0.1) is 6.92 Å². The number of piperidine rings is 1. The van der Waals surface area contributed by atoms with Crippen LogP contribution in [-0.2, 0) is 17.6 Å². The van der Waals surface area contributed by atoms with Crippen molar-refractivity contribution in [3.63, 3.8) is 0 Å². The molecule has 1 aromatic carbocycles. The predicted molar refractivity (Wildman–Crippen MR) is 124 cm³/mol. The molecular weight excluding hydrogens is 416 g/mol. The minimum absolute atomic E-state index is 0.0376. The molecule has 170 valence electrons. The number of aryl methyl sites for hydroxylation is 1. The summed E-state index contributed by atoms with van der Waals surface area (Å²) in [4.78, 5) is 38.9. The summed E-state index contributed by atoms with van der Waals surface area (Å²) in [5.74, 6) is 1.74. The highest BCUT2D eigenvalue weighted by molar-refractivity contribution is 6.00. The normalized spacial score (nSPS) is 18.5. The van der Waals surface area contributed by atoms with E-state index in [2.05, 4.69) is 22.1 Å². The first-order valence-corrected chi connectivity index (χ1v) is 11.6. The van der Waals surface area contributed by atoms with Gasteiger partial charge in [-0.2, -0.15) is 5.10 Å². The summed E-state index contributed by atoms with van der Waals surface area (Å²) in [6, 6.07) is 12.0. The van der Waals surface area contributed by atoms with Gasteiger partial charge < -0.3 is 0 Å². The summed E-state index contributed by atoms with van der Waals surface area (Å²) >= 11 is 0. The van der Waals surface area contributed by atoms with E-state index in [-0.39, 0.29) is 17.7 Å². The Morgan fingerprint density at radius 1 is 1.15 bits per heavy atom. The van der Waals surface area contributed by atoms with Crippen LogP contribution in [0.4, 0.5) is 5.82 Å². The summed E-state index contributed by atoms with van der Waals surface area (Å²) in [6.07, 6.45) is 6.40. The molecule has 33 heavy (non-hydrogen) atoms. The van der Waals surface area contributed by atoms with Crippen molar-refractivity contribution in [2.45, 2.75) is 38.5 Å². The zero-order valence-electron chi connectivity index (χ0n) is 18.9. The zero-order chi connectivity index (χ0) is 22.8. The van der Waals surface area contributed by atoms with Gasteiger partial charge >= 0.3 is 0 Å². The fourth-order valence-electron chi connectivity index (χ4n) is 4.79. The number of hydrogen-bond donors (Lipinski definition) is 0. The van der Waals surface area contributed by atoms with Crippen molar-refractivity contribution in [2.75, 3.05) is 31.1 Å². The van der Waals surface area contributed by atoms with E-state index in [1.165, 1.54) is 10.2 Å². The maximum absolute atomic E-state index is 12.8. The Hall–Kier alpha value is -3.39. The van der Waals surface area contributed by atoms with E-state index in [0.717, 1.165) is 55.3 Å². The largest absolute Gasteiger partial charge is 0.296 e. The molecule has 1 fully saturated rings. The van der Waals surface area contributed by atoms with Crippen molar-refractivity contribution in [3.8, 4) is 0 Å². The summed E-state index contributed by atoms with van der Waals surface area (Å²) < 4.78 is 1.38. The number of fused-ring (bicyclic) bond motifs is 1. The first-order chi connectivity index (χ1) is 16.1. The second-order valence-corrected chi connectivity index (χ2v) is 8.85. The van der Waals surface area contributed by atoms with E-state index >= 15 is 0 Å². The molecule has 4 heterocycles. The maximum Gasteiger partial charge on any atom is 0.260 e. The molecule has 2 aliphatic rings. The molecular formula is C25H28N6O2. The van der Waals surface area contributed by atoms with E-state index in [4.69, 9.17) is 9.97 Å². The second-order valence-electron chi connectivity index (χ2n) is 8.85. The van der Waals surface area contributed by atoms with Crippen LogP contribution in [0.15, 0.2) is 48.8 Å². The predicted octanol–water partition coefficient (Wildman–Crippen LogP) is 2.63. The molecule has 2 aromatic heterocycles. The van der Waals surface area contributed by atoms with Gasteiger partial charge in [-0.25, -0.2) is 14.6 Å². The number of anilines is 1. The standard InChI is InChI=1S/C25H28N6O2/c1-18-21-15-22(32)30(14-10-19-7-3-2-4-8-19)25(21)28-24(27-18)20-9-5-12-29(16-20)17-23(33)31-13-6-11-26-31/h2-4,6-8,11,13,20H,5,9-10,12,14-17H2,1H3. The fraction of sp³-hybridized carbons (Fsp3) is 0.400. The molecule has 0 spiro atoms. The molecule has 1 saturated heterocycles. The van der Waals surface area contributed by atoms with Gasteiger partial charge in [0.25, 0.3) is 5.91 Å². The quantitative estimate of drug-likeness (QED) is 0.581. The number of aromatic nitrogens is 4. The maximum atomic E-state index is 12.8. The first-order valence-electron chi connectivity index (χ1n) is 11.6. The molecule has 1 unspecified atom stereocenters. The molecule has 5 rings (SSSR count). The number of hydrogen-bond acceptors (Lipinski definition) is 6. The Balaban J connectivity index is 1.32. The summed E-state index contributed by atoms with van der Waals surface area (Å²) in [6.45, 7) is 4.50. The van der Waals surface area contributed by atoms with Crippen molar-refractivity contribution < 1.29 is 9.59 Å². The van der Waals surface area contributed by atoms with E-state index in [1.807, 2.05) is 30.0 Å². The van der Waals surface area contributed by atoms with Crippen LogP contribution in [0.1, 0.15) is 46.2 Å². The SMILES string of the molecule is Cc1nc(C2CCCN(CC(=O)n3cccn3)C2)nc2c1CC(=O)N2CCc1ccccc1. The topological polar surface area (TPSA) is 84.2 Å². The van der Waals surface area contributed by atoms with Crippen molar-refractivity contribution in [1.29, 1.82) is 0 Å². The number of nitrogens with zero attached hydrogens (tertiary/aromatic N) is 6. The van der Waals surface area contributed by atoms with E-state index in [1.54, 1.807) is 18.5 Å². The van der Waals surface area contributed by atoms with Crippen LogP contribution in [0.25, 0.3) is 0 Å². The van der Waals surface area contributed by atoms with Crippen LogP contribution in [-0.4, -0.2) is 62.6 Å². The number of rotatable bonds is 6. The third kappa shape index (κ3) is 4.57. The van der Waals surface area contributed by atoms with Crippen molar-refractivity contribution in [1.82, 2.24) is 24.6 Å². The molecule has 1 amide bonds. The zero-order valence-corrected chi connectivity index (χ0v) is 18.9. The van der Waals surface area contributed by atoms with Crippen LogP contribution in [0.2, 0.25) is 0 Å². The molecule has 0 radical (unpaired) electrons. The number of carbonyl (C=O) groups is 2. The molecule has 8 heteroatoms. The van der Waals surface area contributed by atoms with E-state index in [0.29, 0.717) is 19.5 Å². The van der Waals surface area contributed by atoms with Crippen LogP contribution in [0.5, 0.6) is 0 Å². The average Bonchev–Trinajstić information content (AvgIpc) is 3.47. The highest BCUT2D eigenvalue weighted by Gasteiger charge is 2.33. The fourth-order valence-corrected chi connectivity index (χ4v) is 4.79. The molecule has 0 aliphatic carbocycles. The molecule has 3 aromatic rings. The highest BCUT2D eigenvalue weighted by Crippen LogP contribution is 2.32. The summed E-state index contributed by atoms with van der Waals surface area (Å²) in [5.41, 5.74) is 3.03. The Morgan fingerprint density at radius 3 is 2.79 bits per heavy atom. The second kappa shape index (κ2) is 9.23. The third-order valence-electron chi connectivity index (χ3n) is 6.55. The Morgan fingerprint density at radius 2 is 2.00 bits per heavy atom. The molecule has 1 atom stereocenters. The van der Waals surface area contributed by atoms with Crippen LogP contribution < -0.4 is 4.90 Å². The lowest BCUT2D eigenvalue weighted by molar-refractivity contribution is -0.117. The van der Waals surface area contributed by atoms with Gasteiger partial charge in [-0.15, -0.1) is 0 Å². The van der Waals surface area contributed by atoms with Gasteiger partial charge in [-0.1, -0.05) is 30.3 Å². The Kier molecular flexibility index (Phi) is 6.00. The van der Waals surface area contributed by atoms with Crippen molar-refractivity contribution in [2.24, 2.45) is 0 Å². The number of benzene rings is 1. The van der Waals surface area contributed by atoms with Gasteiger partial charge in [0.05, 0.1) is 13.0 Å². The molecule has 8 nitrogen and oxygen atoms in total. The molecule has 0 bridgehead atoms. The van der Waals surface area contributed by atoms with Gasteiger partial charge in [0.1, 0.15) is 11.6 Å². The minimum Gasteiger partial charge on any atom is -0.296 e. The lowest BCUT2D eigenvalue weighted by Crippen LogP contribution is -2.40. The van der Waals surface area contributed by atoms with Gasteiger partial charge in [0, 0.05) is 42.7 Å². The monoisotopic (exact) mass is 444 g/mol. The van der Waals surface area contributed by atoms with Crippen LogP contribution >= 0.6 is 0 Å². The number of likely N-dealkylation sites (tertiary alicyclic amines) is 1.